The Hall–Kier alpha value is -0.780. The molecule has 0 aliphatic carbocycles. The fraction of sp³-hybridized carbons (Fsp3) is 0. The molecule has 72 valence electrons. The number of thiol groups is 1. The van der Waals surface area contributed by atoms with Crippen molar-refractivity contribution in [3.8, 4) is 0 Å². The summed E-state index contributed by atoms with van der Waals surface area (Å²) in [6.45, 7) is 0. The first-order valence-electron chi connectivity index (χ1n) is 3.64. The van der Waals surface area contributed by atoms with Gasteiger partial charge < -0.3 is 0 Å². The Balaban J connectivity index is 2.72. The van der Waals surface area contributed by atoms with Crippen LogP contribution in [-0.4, -0.2) is 4.92 Å². The van der Waals surface area contributed by atoms with E-state index in [9.17, 15) is 10.1 Å². The Morgan fingerprint density at radius 3 is 2.79 bits per heavy atom. The lowest BCUT2D eigenvalue weighted by atomic mass is 10.3. The van der Waals surface area contributed by atoms with Crippen LogP contribution in [0.15, 0.2) is 23.1 Å². The number of thiophene rings is 1. The quantitative estimate of drug-likeness (QED) is 0.472. The first kappa shape index (κ1) is 9.76. The minimum Gasteiger partial charge on any atom is -0.258 e. The van der Waals surface area contributed by atoms with E-state index < -0.39 is 4.92 Å². The van der Waals surface area contributed by atoms with Gasteiger partial charge in [-0.2, -0.15) is 0 Å². The van der Waals surface area contributed by atoms with Crippen molar-refractivity contribution in [3.63, 3.8) is 0 Å². The molecule has 0 atom stereocenters. The molecule has 14 heavy (non-hydrogen) atoms. The van der Waals surface area contributed by atoms with Crippen molar-refractivity contribution in [2.24, 2.45) is 0 Å². The molecule has 1 aromatic carbocycles. The second kappa shape index (κ2) is 3.42. The van der Waals surface area contributed by atoms with Crippen LogP contribution >= 0.6 is 35.6 Å². The molecular formula is C8H4ClNO2S2. The summed E-state index contributed by atoms with van der Waals surface area (Å²) in [6, 6.07) is 4.93. The predicted molar refractivity (Wildman–Crippen MR) is 60.7 cm³/mol. The molecule has 1 heterocycles. The van der Waals surface area contributed by atoms with Gasteiger partial charge in [0.25, 0.3) is 0 Å². The third-order valence-corrected chi connectivity index (χ3v) is 3.62. The van der Waals surface area contributed by atoms with E-state index in [0.29, 0.717) is 9.92 Å². The van der Waals surface area contributed by atoms with Crippen LogP contribution in [0.3, 0.4) is 0 Å². The van der Waals surface area contributed by atoms with Gasteiger partial charge in [0, 0.05) is 21.0 Å². The fourth-order valence-electron chi connectivity index (χ4n) is 1.12. The van der Waals surface area contributed by atoms with Crippen molar-refractivity contribution >= 4 is 50.7 Å². The van der Waals surface area contributed by atoms with Crippen molar-refractivity contribution < 1.29 is 4.92 Å². The van der Waals surface area contributed by atoms with Crippen molar-refractivity contribution in [1.82, 2.24) is 0 Å². The van der Waals surface area contributed by atoms with Crippen LogP contribution in [0.5, 0.6) is 0 Å². The first-order chi connectivity index (χ1) is 6.58. The maximum atomic E-state index is 10.5. The van der Waals surface area contributed by atoms with Gasteiger partial charge in [-0.15, -0.1) is 12.6 Å². The van der Waals surface area contributed by atoms with E-state index in [-0.39, 0.29) is 5.00 Å². The third kappa shape index (κ3) is 1.58. The molecule has 0 aliphatic heterocycles. The molecule has 0 saturated carbocycles. The Morgan fingerprint density at radius 1 is 1.43 bits per heavy atom. The molecule has 0 aliphatic rings. The van der Waals surface area contributed by atoms with Gasteiger partial charge in [-0.05, 0) is 12.1 Å². The molecule has 0 fully saturated rings. The van der Waals surface area contributed by atoms with Crippen LogP contribution in [0.2, 0.25) is 5.02 Å². The number of hydrogen-bond donors (Lipinski definition) is 1. The van der Waals surface area contributed by atoms with Gasteiger partial charge in [0.15, 0.2) is 0 Å². The van der Waals surface area contributed by atoms with Crippen molar-refractivity contribution in [2.45, 2.75) is 4.90 Å². The lowest BCUT2D eigenvalue weighted by Crippen LogP contribution is -1.80. The minimum absolute atomic E-state index is 0.120. The summed E-state index contributed by atoms with van der Waals surface area (Å²) in [5.41, 5.74) is 0. The van der Waals surface area contributed by atoms with Crippen LogP contribution < -0.4 is 0 Å². The lowest BCUT2D eigenvalue weighted by Gasteiger charge is -1.94. The van der Waals surface area contributed by atoms with Crippen molar-refractivity contribution in [1.29, 1.82) is 0 Å². The summed E-state index contributed by atoms with van der Waals surface area (Å²) in [6.07, 6.45) is 0. The number of nitro groups is 1. The molecular weight excluding hydrogens is 242 g/mol. The van der Waals surface area contributed by atoms with Gasteiger partial charge >= 0.3 is 5.00 Å². The predicted octanol–water partition coefficient (Wildman–Crippen LogP) is 3.75. The van der Waals surface area contributed by atoms with E-state index in [1.807, 2.05) is 0 Å². The Morgan fingerprint density at radius 2 is 2.14 bits per heavy atom. The largest absolute Gasteiger partial charge is 0.325 e. The number of hydrogen-bond acceptors (Lipinski definition) is 4. The third-order valence-electron chi connectivity index (χ3n) is 1.75. The van der Waals surface area contributed by atoms with E-state index in [4.69, 9.17) is 11.6 Å². The highest BCUT2D eigenvalue weighted by atomic mass is 35.5. The van der Waals surface area contributed by atoms with E-state index in [1.54, 1.807) is 12.1 Å². The zero-order valence-corrected chi connectivity index (χ0v) is 9.20. The number of halogens is 1. The van der Waals surface area contributed by atoms with Gasteiger partial charge in [0.2, 0.25) is 0 Å². The van der Waals surface area contributed by atoms with Crippen LogP contribution in [0, 0.1) is 10.1 Å². The highest BCUT2D eigenvalue weighted by molar-refractivity contribution is 7.80. The zero-order valence-electron chi connectivity index (χ0n) is 6.73. The summed E-state index contributed by atoms with van der Waals surface area (Å²) >= 11 is 11.1. The Labute approximate surface area is 93.9 Å². The van der Waals surface area contributed by atoms with Gasteiger partial charge in [-0.1, -0.05) is 22.9 Å². The topological polar surface area (TPSA) is 43.1 Å². The number of benzene rings is 1. The molecule has 0 amide bonds. The maximum absolute atomic E-state index is 10.5. The summed E-state index contributed by atoms with van der Waals surface area (Å²) in [5, 5.41) is 11.9. The molecule has 2 rings (SSSR count). The van der Waals surface area contributed by atoms with Crippen LogP contribution in [0.1, 0.15) is 0 Å². The second-order valence-electron chi connectivity index (χ2n) is 2.68. The van der Waals surface area contributed by atoms with E-state index >= 15 is 0 Å². The molecule has 0 N–H and O–H groups in total. The summed E-state index contributed by atoms with van der Waals surface area (Å²) in [5.74, 6) is 0. The van der Waals surface area contributed by atoms with Crippen molar-refractivity contribution in [2.75, 3.05) is 0 Å². The zero-order chi connectivity index (χ0) is 10.3. The van der Waals surface area contributed by atoms with Gasteiger partial charge in [-0.25, -0.2) is 0 Å². The molecule has 1 aromatic heterocycles. The van der Waals surface area contributed by atoms with E-state index in [1.165, 1.54) is 6.07 Å². The van der Waals surface area contributed by atoms with Crippen LogP contribution in [0.25, 0.3) is 10.1 Å². The Bertz CT molecular complexity index is 484. The van der Waals surface area contributed by atoms with Crippen molar-refractivity contribution in [3.05, 3.63) is 33.3 Å². The van der Waals surface area contributed by atoms with E-state index in [0.717, 1.165) is 21.4 Å². The molecule has 0 spiro atoms. The second-order valence-corrected chi connectivity index (χ2v) is 4.63. The monoisotopic (exact) mass is 245 g/mol. The lowest BCUT2D eigenvalue weighted by molar-refractivity contribution is -0.380. The van der Waals surface area contributed by atoms with Crippen LogP contribution in [-0.2, 0) is 0 Å². The summed E-state index contributed by atoms with van der Waals surface area (Å²) < 4.78 is 0.825. The molecule has 0 radical (unpaired) electrons. The normalized spacial score (nSPS) is 10.7. The maximum Gasteiger partial charge on any atom is 0.325 e. The molecule has 0 unspecified atom stereocenters. The average molecular weight is 246 g/mol. The van der Waals surface area contributed by atoms with Gasteiger partial charge in [0.05, 0.1) is 9.95 Å². The number of rotatable bonds is 1. The average Bonchev–Trinajstić information content (AvgIpc) is 2.48. The molecule has 3 nitrogen and oxygen atoms in total. The number of fused-ring (bicyclic) bond motifs is 1. The summed E-state index contributed by atoms with van der Waals surface area (Å²) in [7, 11) is 0. The number of nitrogens with zero attached hydrogens (tertiary/aromatic N) is 1. The van der Waals surface area contributed by atoms with Gasteiger partial charge in [0.1, 0.15) is 0 Å². The van der Waals surface area contributed by atoms with Gasteiger partial charge in [-0.3, -0.25) is 10.1 Å². The van der Waals surface area contributed by atoms with E-state index in [2.05, 4.69) is 12.6 Å². The smallest absolute Gasteiger partial charge is 0.258 e. The standard InChI is InChI=1S/C8H4ClNO2S2/c9-5-1-4-2-8(10(11)12)14-7(4)3-6(5)13/h1-3,13H. The highest BCUT2D eigenvalue weighted by Crippen LogP contribution is 2.35. The first-order valence-corrected chi connectivity index (χ1v) is 5.28. The molecule has 0 bridgehead atoms. The fourth-order valence-corrected chi connectivity index (χ4v) is 2.48. The minimum atomic E-state index is -0.406. The molecule has 0 saturated heterocycles. The molecule has 2 aromatic rings. The SMILES string of the molecule is O=[N+]([O-])c1cc2cc(Cl)c(S)cc2s1. The summed E-state index contributed by atoms with van der Waals surface area (Å²) in [4.78, 5) is 10.7. The van der Waals surface area contributed by atoms with Crippen LogP contribution in [0.4, 0.5) is 5.00 Å². The highest BCUT2D eigenvalue weighted by Gasteiger charge is 2.12. The molecule has 6 heteroatoms. The Kier molecular flexibility index (Phi) is 2.38.